The fourth-order valence-electron chi connectivity index (χ4n) is 3.32. The molecule has 2 N–H and O–H groups in total. The molecule has 0 saturated carbocycles. The second kappa shape index (κ2) is 13.0. The Morgan fingerprint density at radius 1 is 1.03 bits per heavy atom. The van der Waals surface area contributed by atoms with E-state index in [0.29, 0.717) is 42.8 Å². The molecule has 0 unspecified atom stereocenters. The second-order valence-electron chi connectivity index (χ2n) is 7.48. The Labute approximate surface area is 213 Å². The minimum atomic E-state index is -0.0645. The number of terminal acetylenes is 1. The monoisotopic (exact) mass is 540 g/mol. The third-order valence-corrected chi connectivity index (χ3v) is 6.20. The van der Waals surface area contributed by atoms with Crippen LogP contribution in [0.15, 0.2) is 65.1 Å². The van der Waals surface area contributed by atoms with Crippen LogP contribution in [0.25, 0.3) is 11.1 Å². The van der Waals surface area contributed by atoms with Gasteiger partial charge in [0.1, 0.15) is 24.7 Å². The molecule has 0 aromatic heterocycles. The molecule has 0 saturated heterocycles. The Balaban J connectivity index is 1.73. The molecule has 0 bridgehead atoms. The summed E-state index contributed by atoms with van der Waals surface area (Å²) in [5, 5.41) is 6.47. The number of ether oxygens (including phenoxy) is 2. The summed E-state index contributed by atoms with van der Waals surface area (Å²) >= 11 is 10.3. The van der Waals surface area contributed by atoms with Crippen molar-refractivity contribution in [2.24, 2.45) is 0 Å². The lowest BCUT2D eigenvalue weighted by molar-refractivity contribution is -0.118. The first-order chi connectivity index (χ1) is 16.5. The summed E-state index contributed by atoms with van der Waals surface area (Å²) in [6.45, 7) is 3.58. The van der Waals surface area contributed by atoms with Crippen LogP contribution in [0.2, 0.25) is 5.02 Å². The standard InChI is InChI=1S/C27H26BrClN2O3/c1-3-14-33-25-16-26(24(29)15-22(25)17-30-12-13-31-19(2)32)34-18-21-10-7-11-23(27(21)28)20-8-5-4-6-9-20/h1,4-11,15-16,30H,12-14,17-18H2,2H3,(H,31,32). The second-order valence-corrected chi connectivity index (χ2v) is 8.68. The highest BCUT2D eigenvalue weighted by atomic mass is 79.9. The molecule has 0 aliphatic carbocycles. The van der Waals surface area contributed by atoms with Crippen molar-refractivity contribution in [1.82, 2.24) is 10.6 Å². The van der Waals surface area contributed by atoms with Crippen LogP contribution in [0.5, 0.6) is 11.5 Å². The van der Waals surface area contributed by atoms with E-state index in [1.54, 1.807) is 6.07 Å². The smallest absolute Gasteiger partial charge is 0.216 e. The van der Waals surface area contributed by atoms with E-state index < -0.39 is 0 Å². The van der Waals surface area contributed by atoms with Gasteiger partial charge in [0.25, 0.3) is 0 Å². The zero-order valence-corrected chi connectivity index (χ0v) is 21.2. The van der Waals surface area contributed by atoms with Crippen molar-refractivity contribution in [3.63, 3.8) is 0 Å². The molecule has 0 spiro atoms. The molecule has 3 aromatic carbocycles. The normalized spacial score (nSPS) is 10.4. The predicted molar refractivity (Wildman–Crippen MR) is 140 cm³/mol. The molecule has 5 nitrogen and oxygen atoms in total. The first-order valence-electron chi connectivity index (χ1n) is 10.8. The van der Waals surface area contributed by atoms with E-state index in [-0.39, 0.29) is 12.5 Å². The fraction of sp³-hybridized carbons (Fsp3) is 0.222. The van der Waals surface area contributed by atoms with Gasteiger partial charge in [-0.25, -0.2) is 0 Å². The third-order valence-electron chi connectivity index (χ3n) is 4.96. The van der Waals surface area contributed by atoms with Crippen molar-refractivity contribution in [3.05, 3.63) is 81.3 Å². The summed E-state index contributed by atoms with van der Waals surface area (Å²) in [6, 6.07) is 19.8. The van der Waals surface area contributed by atoms with Crippen molar-refractivity contribution in [2.75, 3.05) is 19.7 Å². The highest BCUT2D eigenvalue weighted by Gasteiger charge is 2.13. The maximum atomic E-state index is 11.0. The molecule has 7 heteroatoms. The zero-order chi connectivity index (χ0) is 24.3. The SMILES string of the molecule is C#CCOc1cc(OCc2cccc(-c3ccccc3)c2Br)c(Cl)cc1CNCCNC(C)=O. The van der Waals surface area contributed by atoms with Crippen LogP contribution in [-0.2, 0) is 17.9 Å². The Hall–Kier alpha value is -2.98. The summed E-state index contributed by atoms with van der Waals surface area (Å²) in [5.41, 5.74) is 4.05. The molecular formula is C27H26BrClN2O3. The minimum Gasteiger partial charge on any atom is -0.487 e. The highest BCUT2D eigenvalue weighted by molar-refractivity contribution is 9.10. The quantitative estimate of drug-likeness (QED) is 0.246. The molecule has 3 aromatic rings. The zero-order valence-electron chi connectivity index (χ0n) is 18.9. The number of halogens is 2. The molecule has 0 atom stereocenters. The summed E-state index contributed by atoms with van der Waals surface area (Å²) in [7, 11) is 0. The fourth-order valence-corrected chi connectivity index (χ4v) is 4.16. The van der Waals surface area contributed by atoms with Crippen molar-refractivity contribution in [3.8, 4) is 35.0 Å². The van der Waals surface area contributed by atoms with Crippen molar-refractivity contribution < 1.29 is 14.3 Å². The van der Waals surface area contributed by atoms with E-state index in [4.69, 9.17) is 27.5 Å². The number of carbonyl (C=O) groups is 1. The van der Waals surface area contributed by atoms with Gasteiger partial charge in [-0.05, 0) is 33.1 Å². The van der Waals surface area contributed by atoms with E-state index in [2.05, 4.69) is 50.7 Å². The van der Waals surface area contributed by atoms with Gasteiger partial charge in [0.2, 0.25) is 5.91 Å². The number of hydrogen-bond acceptors (Lipinski definition) is 4. The highest BCUT2D eigenvalue weighted by Crippen LogP contribution is 2.35. The maximum absolute atomic E-state index is 11.0. The Bertz CT molecular complexity index is 1160. The van der Waals surface area contributed by atoms with Gasteiger partial charge in [-0.1, -0.05) is 66.1 Å². The molecule has 176 valence electrons. The molecule has 0 fully saturated rings. The van der Waals surface area contributed by atoms with Gasteiger partial charge in [-0.3, -0.25) is 4.79 Å². The van der Waals surface area contributed by atoms with Crippen LogP contribution in [0.3, 0.4) is 0 Å². The molecule has 0 heterocycles. The molecule has 3 rings (SSSR count). The Morgan fingerprint density at radius 2 is 1.82 bits per heavy atom. The van der Waals surface area contributed by atoms with Crippen LogP contribution < -0.4 is 20.1 Å². The molecule has 0 radical (unpaired) electrons. The van der Waals surface area contributed by atoms with Gasteiger partial charge in [-0.15, -0.1) is 6.42 Å². The molecule has 0 aliphatic rings. The summed E-state index contributed by atoms with van der Waals surface area (Å²) in [5.74, 6) is 3.52. The molecule has 34 heavy (non-hydrogen) atoms. The van der Waals surface area contributed by atoms with Crippen LogP contribution in [0, 0.1) is 12.3 Å². The molecular weight excluding hydrogens is 516 g/mol. The van der Waals surface area contributed by atoms with E-state index in [1.807, 2.05) is 36.4 Å². The first-order valence-corrected chi connectivity index (χ1v) is 12.0. The minimum absolute atomic E-state index is 0.0645. The number of carbonyl (C=O) groups excluding carboxylic acids is 1. The maximum Gasteiger partial charge on any atom is 0.216 e. The number of rotatable bonds is 11. The van der Waals surface area contributed by atoms with Crippen molar-refractivity contribution in [1.29, 1.82) is 0 Å². The van der Waals surface area contributed by atoms with Gasteiger partial charge in [0.15, 0.2) is 0 Å². The largest absolute Gasteiger partial charge is 0.487 e. The van der Waals surface area contributed by atoms with E-state index >= 15 is 0 Å². The van der Waals surface area contributed by atoms with E-state index in [1.165, 1.54) is 6.92 Å². The van der Waals surface area contributed by atoms with Crippen LogP contribution in [0.4, 0.5) is 0 Å². The van der Waals surface area contributed by atoms with Crippen LogP contribution >= 0.6 is 27.5 Å². The number of benzene rings is 3. The van der Waals surface area contributed by atoms with E-state index in [0.717, 1.165) is 26.7 Å². The van der Waals surface area contributed by atoms with Gasteiger partial charge >= 0.3 is 0 Å². The summed E-state index contributed by atoms with van der Waals surface area (Å²) in [6.07, 6.45) is 5.38. The van der Waals surface area contributed by atoms with Gasteiger partial charge in [-0.2, -0.15) is 0 Å². The number of nitrogens with one attached hydrogen (secondary N) is 2. The Kier molecular flexibility index (Phi) is 9.84. The summed E-state index contributed by atoms with van der Waals surface area (Å²) < 4.78 is 12.8. The average molecular weight is 542 g/mol. The van der Waals surface area contributed by atoms with Crippen molar-refractivity contribution in [2.45, 2.75) is 20.1 Å². The molecule has 1 amide bonds. The van der Waals surface area contributed by atoms with Crippen molar-refractivity contribution >= 4 is 33.4 Å². The number of hydrogen-bond donors (Lipinski definition) is 2. The van der Waals surface area contributed by atoms with Gasteiger partial charge in [0.05, 0.1) is 5.02 Å². The molecule has 0 aliphatic heterocycles. The lowest BCUT2D eigenvalue weighted by Gasteiger charge is -2.16. The van der Waals surface area contributed by atoms with E-state index in [9.17, 15) is 4.79 Å². The first kappa shape index (κ1) is 25.6. The van der Waals surface area contributed by atoms with Crippen LogP contribution in [0.1, 0.15) is 18.1 Å². The van der Waals surface area contributed by atoms with Crippen LogP contribution in [-0.4, -0.2) is 25.6 Å². The average Bonchev–Trinajstić information content (AvgIpc) is 2.83. The number of amides is 1. The predicted octanol–water partition coefficient (Wildman–Crippen LogP) is 5.59. The summed E-state index contributed by atoms with van der Waals surface area (Å²) in [4.78, 5) is 11.0. The Morgan fingerprint density at radius 3 is 2.56 bits per heavy atom. The topological polar surface area (TPSA) is 59.6 Å². The van der Waals surface area contributed by atoms with Gasteiger partial charge in [0, 0.05) is 48.2 Å². The van der Waals surface area contributed by atoms with Gasteiger partial charge < -0.3 is 20.1 Å². The lowest BCUT2D eigenvalue weighted by Crippen LogP contribution is -2.30. The third kappa shape index (κ3) is 7.26. The lowest BCUT2D eigenvalue weighted by atomic mass is 10.0.